The number of aromatic amines is 1. The first-order chi connectivity index (χ1) is 10.6. The van der Waals surface area contributed by atoms with Crippen molar-refractivity contribution in [2.45, 2.75) is 25.9 Å². The van der Waals surface area contributed by atoms with Crippen LogP contribution in [0.2, 0.25) is 0 Å². The molecule has 1 fully saturated rings. The Labute approximate surface area is 125 Å². The van der Waals surface area contributed by atoms with Crippen LogP contribution in [-0.2, 0) is 9.59 Å². The lowest BCUT2D eigenvalue weighted by Gasteiger charge is -2.19. The second kappa shape index (κ2) is 5.58. The fourth-order valence-corrected chi connectivity index (χ4v) is 2.54. The van der Waals surface area contributed by atoms with Gasteiger partial charge in [0.1, 0.15) is 6.17 Å². The average Bonchev–Trinajstić information content (AvgIpc) is 3.07. The Morgan fingerprint density at radius 2 is 2.27 bits per heavy atom. The van der Waals surface area contributed by atoms with Gasteiger partial charge in [-0.1, -0.05) is 0 Å². The number of aromatic nitrogens is 4. The summed E-state index contributed by atoms with van der Waals surface area (Å²) in [6.07, 6.45) is 3.62. The van der Waals surface area contributed by atoms with E-state index in [1.165, 1.54) is 17.6 Å². The molecule has 1 saturated heterocycles. The van der Waals surface area contributed by atoms with E-state index in [1.54, 1.807) is 11.5 Å². The zero-order valence-electron chi connectivity index (χ0n) is 12.1. The van der Waals surface area contributed by atoms with Gasteiger partial charge in [-0.3, -0.25) is 19.0 Å². The normalized spacial score (nSPS) is 16.2. The van der Waals surface area contributed by atoms with Crippen LogP contribution in [0.3, 0.4) is 0 Å². The molecule has 2 aromatic heterocycles. The number of likely N-dealkylation sites (tertiary alicyclic amines) is 1. The van der Waals surface area contributed by atoms with Crippen molar-refractivity contribution in [3.05, 3.63) is 23.0 Å². The number of carbonyl (C=O) groups is 2. The highest BCUT2D eigenvalue weighted by molar-refractivity contribution is 5.85. The first kappa shape index (κ1) is 14.2. The number of hydrogen-bond acceptors (Lipinski definition) is 5. The second-order valence-electron chi connectivity index (χ2n) is 5.22. The molecule has 1 atom stereocenters. The Morgan fingerprint density at radius 1 is 1.45 bits per heavy atom. The summed E-state index contributed by atoms with van der Waals surface area (Å²) >= 11 is 0. The van der Waals surface area contributed by atoms with E-state index >= 15 is 0 Å². The summed E-state index contributed by atoms with van der Waals surface area (Å²) < 4.78 is 1.61. The molecule has 0 bridgehead atoms. The minimum absolute atomic E-state index is 0.00378. The van der Waals surface area contributed by atoms with Crippen molar-refractivity contribution in [3.8, 4) is 0 Å². The third-order valence-corrected chi connectivity index (χ3v) is 3.66. The molecule has 0 saturated carbocycles. The maximum absolute atomic E-state index is 12.0. The van der Waals surface area contributed by atoms with Crippen LogP contribution >= 0.6 is 0 Å². The van der Waals surface area contributed by atoms with E-state index in [9.17, 15) is 14.4 Å². The van der Waals surface area contributed by atoms with Gasteiger partial charge in [-0.25, -0.2) is 9.97 Å². The van der Waals surface area contributed by atoms with Crippen molar-refractivity contribution < 1.29 is 9.59 Å². The molecular formula is C13H16N6O3. The lowest BCUT2D eigenvalue weighted by molar-refractivity contribution is -0.133. The van der Waals surface area contributed by atoms with Gasteiger partial charge in [0.25, 0.3) is 5.56 Å². The molecule has 3 rings (SSSR count). The summed E-state index contributed by atoms with van der Waals surface area (Å²) in [5.74, 6) is -0.251. The first-order valence-corrected chi connectivity index (χ1v) is 7.03. The van der Waals surface area contributed by atoms with Crippen LogP contribution in [0.5, 0.6) is 0 Å². The van der Waals surface area contributed by atoms with E-state index in [4.69, 9.17) is 0 Å². The van der Waals surface area contributed by atoms with E-state index < -0.39 is 6.17 Å². The maximum atomic E-state index is 12.0. The largest absolute Gasteiger partial charge is 0.334 e. The van der Waals surface area contributed by atoms with Gasteiger partial charge in [0.2, 0.25) is 11.8 Å². The van der Waals surface area contributed by atoms with Gasteiger partial charge in [-0.2, -0.15) is 0 Å². The van der Waals surface area contributed by atoms with Gasteiger partial charge in [-0.05, 0) is 13.3 Å². The fraction of sp³-hybridized carbons (Fsp3) is 0.462. The van der Waals surface area contributed by atoms with Crippen LogP contribution in [0.25, 0.3) is 11.2 Å². The Balaban J connectivity index is 1.72. The molecule has 0 radical (unpaired) electrons. The summed E-state index contributed by atoms with van der Waals surface area (Å²) in [7, 11) is 0. The third kappa shape index (κ3) is 2.57. The average molecular weight is 304 g/mol. The summed E-state index contributed by atoms with van der Waals surface area (Å²) in [4.78, 5) is 47.2. The van der Waals surface area contributed by atoms with Crippen LogP contribution in [0.1, 0.15) is 25.9 Å². The first-order valence-electron chi connectivity index (χ1n) is 7.03. The van der Waals surface area contributed by atoms with Crippen LogP contribution in [0.15, 0.2) is 17.4 Å². The number of imidazole rings is 1. The van der Waals surface area contributed by atoms with Crippen molar-refractivity contribution in [1.29, 1.82) is 0 Å². The summed E-state index contributed by atoms with van der Waals surface area (Å²) in [5, 5.41) is 2.78. The maximum Gasteiger partial charge on any atom is 0.278 e. The van der Waals surface area contributed by atoms with Crippen molar-refractivity contribution in [2.75, 3.05) is 13.1 Å². The highest BCUT2D eigenvalue weighted by atomic mass is 16.2. The highest BCUT2D eigenvalue weighted by Gasteiger charge is 2.23. The number of carbonyl (C=O) groups excluding carboxylic acids is 2. The molecule has 3 heterocycles. The molecule has 116 valence electrons. The molecule has 1 aliphatic rings. The molecule has 0 spiro atoms. The molecule has 9 heteroatoms. The lowest BCUT2D eigenvalue weighted by atomic mass is 10.4. The topological polar surface area (TPSA) is 113 Å². The molecule has 22 heavy (non-hydrogen) atoms. The van der Waals surface area contributed by atoms with E-state index in [-0.39, 0.29) is 29.4 Å². The van der Waals surface area contributed by atoms with E-state index in [1.807, 2.05) is 0 Å². The SMILES string of the molecule is CC(NC(=O)CN1CCCC1=O)n1cnc2c(=O)[nH]cnc21. The van der Waals surface area contributed by atoms with Gasteiger partial charge in [0.15, 0.2) is 11.2 Å². The number of H-pyrrole nitrogens is 1. The Morgan fingerprint density at radius 3 is 3.00 bits per heavy atom. The minimum atomic E-state index is -0.426. The third-order valence-electron chi connectivity index (χ3n) is 3.66. The number of rotatable bonds is 4. The number of nitrogens with one attached hydrogen (secondary N) is 2. The standard InChI is InChI=1S/C13H16N6O3/c1-8(17-9(20)5-18-4-2-3-10(18)21)19-7-16-11-12(19)14-6-15-13(11)22/h6-8H,2-5H2,1H3,(H,17,20)(H,14,15,22). The predicted molar refractivity (Wildman–Crippen MR) is 76.8 cm³/mol. The van der Waals surface area contributed by atoms with Gasteiger partial charge in [0, 0.05) is 13.0 Å². The van der Waals surface area contributed by atoms with Crippen LogP contribution < -0.4 is 10.9 Å². The predicted octanol–water partition coefficient (Wildman–Crippen LogP) is -0.623. The molecule has 2 amide bonds. The van der Waals surface area contributed by atoms with E-state index in [2.05, 4.69) is 20.3 Å². The van der Waals surface area contributed by atoms with Gasteiger partial charge in [-0.15, -0.1) is 0 Å². The summed E-state index contributed by atoms with van der Waals surface area (Å²) in [6.45, 7) is 2.42. The molecule has 2 N–H and O–H groups in total. The number of hydrogen-bond donors (Lipinski definition) is 2. The summed E-state index contributed by atoms with van der Waals surface area (Å²) in [5.41, 5.74) is 0.289. The van der Waals surface area contributed by atoms with Crippen LogP contribution in [0, 0.1) is 0 Å². The van der Waals surface area contributed by atoms with E-state index in [0.717, 1.165) is 6.42 Å². The lowest BCUT2D eigenvalue weighted by Crippen LogP contribution is -2.40. The minimum Gasteiger partial charge on any atom is -0.334 e. The number of amides is 2. The zero-order valence-corrected chi connectivity index (χ0v) is 12.1. The molecule has 2 aromatic rings. The Bertz CT molecular complexity index is 779. The fourth-order valence-electron chi connectivity index (χ4n) is 2.54. The molecular weight excluding hydrogens is 288 g/mol. The molecule has 1 aliphatic heterocycles. The molecule has 0 aliphatic carbocycles. The number of fused-ring (bicyclic) bond motifs is 1. The monoisotopic (exact) mass is 304 g/mol. The van der Waals surface area contributed by atoms with Gasteiger partial charge < -0.3 is 15.2 Å². The molecule has 1 unspecified atom stereocenters. The Hall–Kier alpha value is -2.71. The van der Waals surface area contributed by atoms with Crippen molar-refractivity contribution >= 4 is 23.0 Å². The van der Waals surface area contributed by atoms with Crippen LogP contribution in [0.4, 0.5) is 0 Å². The van der Waals surface area contributed by atoms with Crippen molar-refractivity contribution in [1.82, 2.24) is 29.7 Å². The highest BCUT2D eigenvalue weighted by Crippen LogP contribution is 2.11. The quantitative estimate of drug-likeness (QED) is 0.781. The Kier molecular flexibility index (Phi) is 3.61. The molecule has 0 aromatic carbocycles. The summed E-state index contributed by atoms with van der Waals surface area (Å²) in [6, 6.07) is 0. The number of nitrogens with zero attached hydrogens (tertiary/aromatic N) is 4. The van der Waals surface area contributed by atoms with Gasteiger partial charge in [0.05, 0.1) is 19.2 Å². The van der Waals surface area contributed by atoms with Crippen LogP contribution in [-0.4, -0.2) is 49.3 Å². The van der Waals surface area contributed by atoms with E-state index in [0.29, 0.717) is 18.6 Å². The zero-order chi connectivity index (χ0) is 15.7. The smallest absolute Gasteiger partial charge is 0.278 e. The van der Waals surface area contributed by atoms with Crippen molar-refractivity contribution in [2.24, 2.45) is 0 Å². The second-order valence-corrected chi connectivity index (χ2v) is 5.22. The molecule has 9 nitrogen and oxygen atoms in total. The van der Waals surface area contributed by atoms with Crippen molar-refractivity contribution in [3.63, 3.8) is 0 Å². The van der Waals surface area contributed by atoms with Gasteiger partial charge >= 0.3 is 0 Å².